The molecule has 0 unspecified atom stereocenters. The molecule has 0 atom stereocenters. The molecule has 32 heavy (non-hydrogen) atoms. The van der Waals surface area contributed by atoms with Crippen LogP contribution in [0.3, 0.4) is 0 Å². The summed E-state index contributed by atoms with van der Waals surface area (Å²) < 4.78 is 10.2. The minimum Gasteiger partial charge on any atom is -0.497 e. The zero-order valence-electron chi connectivity index (χ0n) is 17.3. The van der Waals surface area contributed by atoms with Crippen molar-refractivity contribution in [2.75, 3.05) is 17.7 Å². The van der Waals surface area contributed by atoms with E-state index in [1.807, 2.05) is 30.3 Å². The Morgan fingerprint density at radius 1 is 1.19 bits per heavy atom. The number of amides is 1. The molecule has 3 heterocycles. The van der Waals surface area contributed by atoms with Crippen LogP contribution in [0, 0.1) is 0 Å². The monoisotopic (exact) mass is 434 g/mol. The van der Waals surface area contributed by atoms with E-state index in [0.29, 0.717) is 17.5 Å². The third kappa shape index (κ3) is 5.39. The Labute approximate surface area is 183 Å². The maximum atomic E-state index is 11.1. The second-order valence-corrected chi connectivity index (χ2v) is 6.91. The Kier molecular flexibility index (Phi) is 6.25. The fourth-order valence-corrected chi connectivity index (χ4v) is 2.95. The highest BCUT2D eigenvalue weighted by Gasteiger charge is 2.10. The summed E-state index contributed by atoms with van der Waals surface area (Å²) in [5, 5.41) is 17.1. The quantitative estimate of drug-likeness (QED) is 0.294. The van der Waals surface area contributed by atoms with Crippen LogP contribution in [-0.4, -0.2) is 38.3 Å². The Hall–Kier alpha value is -4.41. The van der Waals surface area contributed by atoms with E-state index >= 15 is 0 Å². The van der Waals surface area contributed by atoms with Crippen molar-refractivity contribution in [2.24, 2.45) is 5.73 Å². The van der Waals surface area contributed by atoms with Crippen molar-refractivity contribution in [3.63, 3.8) is 0 Å². The maximum absolute atomic E-state index is 11.1. The number of hydrogen-bond donors (Lipinski definition) is 4. The molecule has 0 bridgehead atoms. The number of methoxy groups -OCH3 is 1. The van der Waals surface area contributed by atoms with Crippen molar-refractivity contribution in [1.82, 2.24) is 25.3 Å². The minimum atomic E-state index is -0.648. The minimum absolute atomic E-state index is 0.0696. The lowest BCUT2D eigenvalue weighted by atomic mass is 10.1. The smallest absolute Gasteiger partial charge is 0.270 e. The molecule has 164 valence electrons. The van der Waals surface area contributed by atoms with E-state index in [-0.39, 0.29) is 12.2 Å². The number of carbonyl (C=O) groups excluding carboxylic acids is 1. The van der Waals surface area contributed by atoms with E-state index in [2.05, 4.69) is 36.0 Å². The van der Waals surface area contributed by atoms with Gasteiger partial charge in [0.15, 0.2) is 11.5 Å². The third-order valence-electron chi connectivity index (χ3n) is 4.61. The number of nitrogens with two attached hydrogens (primary N) is 1. The van der Waals surface area contributed by atoms with Crippen LogP contribution in [0.2, 0.25) is 0 Å². The van der Waals surface area contributed by atoms with Gasteiger partial charge in [0.1, 0.15) is 17.4 Å². The molecule has 4 rings (SSSR count). The molecule has 1 amide bonds. The Bertz CT molecular complexity index is 1190. The third-order valence-corrected chi connectivity index (χ3v) is 4.61. The van der Waals surface area contributed by atoms with E-state index in [0.717, 1.165) is 30.1 Å². The zero-order valence-corrected chi connectivity index (χ0v) is 17.3. The molecular formula is C21H22N8O3. The average Bonchev–Trinajstić information content (AvgIpc) is 3.47. The van der Waals surface area contributed by atoms with Crippen molar-refractivity contribution in [3.05, 3.63) is 71.4 Å². The van der Waals surface area contributed by atoms with E-state index < -0.39 is 5.91 Å². The first kappa shape index (κ1) is 20.8. The molecule has 0 saturated heterocycles. The molecule has 4 aromatic rings. The molecule has 5 N–H and O–H groups in total. The number of anilines is 3. The summed E-state index contributed by atoms with van der Waals surface area (Å²) >= 11 is 0. The van der Waals surface area contributed by atoms with Crippen LogP contribution in [0.25, 0.3) is 0 Å². The number of aromatic nitrogens is 5. The molecule has 1 aromatic carbocycles. The summed E-state index contributed by atoms with van der Waals surface area (Å²) in [6.45, 7) is 0.253. The number of aromatic amines is 1. The van der Waals surface area contributed by atoms with Gasteiger partial charge in [0.05, 0.1) is 19.3 Å². The molecule has 0 radical (unpaired) electrons. The molecule has 11 heteroatoms. The van der Waals surface area contributed by atoms with Gasteiger partial charge in [-0.2, -0.15) is 10.1 Å². The van der Waals surface area contributed by atoms with Gasteiger partial charge in [0.2, 0.25) is 5.95 Å². The highest BCUT2D eigenvalue weighted by molar-refractivity contribution is 5.90. The summed E-state index contributed by atoms with van der Waals surface area (Å²) in [6, 6.07) is 13.2. The maximum Gasteiger partial charge on any atom is 0.270 e. The predicted octanol–water partition coefficient (Wildman–Crippen LogP) is 2.44. The molecule has 0 saturated carbocycles. The summed E-state index contributed by atoms with van der Waals surface area (Å²) in [7, 11) is 1.65. The van der Waals surface area contributed by atoms with Crippen LogP contribution in [0.5, 0.6) is 5.75 Å². The van der Waals surface area contributed by atoms with Crippen molar-refractivity contribution in [3.8, 4) is 5.75 Å². The van der Waals surface area contributed by atoms with Crippen LogP contribution in [0.1, 0.15) is 27.5 Å². The average molecular weight is 434 g/mol. The van der Waals surface area contributed by atoms with Gasteiger partial charge in [0, 0.05) is 18.3 Å². The van der Waals surface area contributed by atoms with Gasteiger partial charge in [-0.15, -0.1) is 0 Å². The second kappa shape index (κ2) is 9.60. The van der Waals surface area contributed by atoms with E-state index in [9.17, 15) is 4.79 Å². The first-order chi connectivity index (χ1) is 15.6. The van der Waals surface area contributed by atoms with Crippen molar-refractivity contribution in [1.29, 1.82) is 0 Å². The fraction of sp³-hybridized carbons (Fsp3) is 0.190. The van der Waals surface area contributed by atoms with Gasteiger partial charge in [-0.3, -0.25) is 9.89 Å². The zero-order chi connectivity index (χ0) is 22.3. The lowest BCUT2D eigenvalue weighted by molar-refractivity contribution is 0.0991. The summed E-state index contributed by atoms with van der Waals surface area (Å²) in [5.41, 5.74) is 7.38. The van der Waals surface area contributed by atoms with Crippen molar-refractivity contribution < 1.29 is 14.1 Å². The Balaban J connectivity index is 1.31. The molecule has 3 aromatic heterocycles. The number of ether oxygens (including phenoxy) is 1. The predicted molar refractivity (Wildman–Crippen MR) is 117 cm³/mol. The molecule has 0 spiro atoms. The number of aryl methyl sites for hydroxylation is 2. The number of nitrogens with one attached hydrogen (secondary N) is 3. The van der Waals surface area contributed by atoms with Crippen LogP contribution >= 0.6 is 0 Å². The van der Waals surface area contributed by atoms with Gasteiger partial charge in [-0.25, -0.2) is 4.98 Å². The molecule has 11 nitrogen and oxygen atoms in total. The van der Waals surface area contributed by atoms with Gasteiger partial charge in [-0.1, -0.05) is 17.3 Å². The van der Waals surface area contributed by atoms with E-state index in [4.69, 9.17) is 15.0 Å². The van der Waals surface area contributed by atoms with E-state index in [1.165, 1.54) is 11.6 Å². The SMILES string of the molecule is COc1ccc(CCc2cc(Nc3ccnc(NCc4cc(C(N)=O)no4)n3)[nH]n2)cc1. The number of rotatable bonds is 10. The van der Waals surface area contributed by atoms with Gasteiger partial charge >= 0.3 is 0 Å². The number of carbonyl (C=O) groups is 1. The lowest BCUT2D eigenvalue weighted by Gasteiger charge is -2.05. The summed E-state index contributed by atoms with van der Waals surface area (Å²) in [5.74, 6) is 2.33. The van der Waals surface area contributed by atoms with Crippen molar-refractivity contribution >= 4 is 23.5 Å². The molecule has 0 aliphatic carbocycles. The molecule has 0 aliphatic heterocycles. The van der Waals surface area contributed by atoms with Crippen LogP contribution in [0.4, 0.5) is 17.6 Å². The number of benzene rings is 1. The number of primary amides is 1. The number of H-pyrrole nitrogens is 1. The van der Waals surface area contributed by atoms with Gasteiger partial charge in [-0.05, 0) is 36.6 Å². The Morgan fingerprint density at radius 2 is 2.03 bits per heavy atom. The normalized spacial score (nSPS) is 10.7. The first-order valence-corrected chi connectivity index (χ1v) is 9.85. The summed E-state index contributed by atoms with van der Waals surface area (Å²) in [6.07, 6.45) is 3.29. The summed E-state index contributed by atoms with van der Waals surface area (Å²) in [4.78, 5) is 19.6. The van der Waals surface area contributed by atoms with Gasteiger partial charge < -0.3 is 25.6 Å². The first-order valence-electron chi connectivity index (χ1n) is 9.85. The van der Waals surface area contributed by atoms with E-state index in [1.54, 1.807) is 19.4 Å². The number of hydrogen-bond acceptors (Lipinski definition) is 9. The van der Waals surface area contributed by atoms with Crippen molar-refractivity contribution in [2.45, 2.75) is 19.4 Å². The number of nitrogens with zero attached hydrogens (tertiary/aromatic N) is 4. The fourth-order valence-electron chi connectivity index (χ4n) is 2.95. The standard InChI is InChI=1S/C21H22N8O3/c1-31-15-6-3-13(4-7-15)2-5-14-10-19(28-27-14)25-18-8-9-23-21(26-18)24-12-16-11-17(20(22)30)29-32-16/h3-4,6-11H,2,5,12H2,1H3,(H2,22,30)(H3,23,24,25,26,27,28). The lowest BCUT2D eigenvalue weighted by Crippen LogP contribution is -2.10. The largest absolute Gasteiger partial charge is 0.497 e. The van der Waals surface area contributed by atoms with Gasteiger partial charge in [0.25, 0.3) is 5.91 Å². The highest BCUT2D eigenvalue weighted by atomic mass is 16.5. The van der Waals surface area contributed by atoms with Crippen LogP contribution in [0.15, 0.2) is 53.2 Å². The molecule has 0 aliphatic rings. The van der Waals surface area contributed by atoms with Crippen LogP contribution < -0.4 is 21.1 Å². The molecule has 0 fully saturated rings. The Morgan fingerprint density at radius 3 is 2.78 bits per heavy atom. The highest BCUT2D eigenvalue weighted by Crippen LogP contribution is 2.17. The van der Waals surface area contributed by atoms with Crippen LogP contribution in [-0.2, 0) is 19.4 Å². The molecular weight excluding hydrogens is 412 g/mol. The second-order valence-electron chi connectivity index (χ2n) is 6.91. The topological polar surface area (TPSA) is 157 Å².